The van der Waals surface area contributed by atoms with Crippen molar-refractivity contribution in [2.75, 3.05) is 0 Å². The van der Waals surface area contributed by atoms with Crippen molar-refractivity contribution >= 4 is 5.78 Å². The van der Waals surface area contributed by atoms with Gasteiger partial charge < -0.3 is 0 Å². The normalized spacial score (nSPS) is 39.6. The highest BCUT2D eigenvalue weighted by atomic mass is 16.1. The van der Waals surface area contributed by atoms with Crippen LogP contribution in [-0.2, 0) is 4.79 Å². The van der Waals surface area contributed by atoms with Crippen molar-refractivity contribution < 1.29 is 4.79 Å². The molecule has 0 saturated heterocycles. The molecule has 0 spiro atoms. The van der Waals surface area contributed by atoms with E-state index >= 15 is 0 Å². The van der Waals surface area contributed by atoms with E-state index in [1.54, 1.807) is 0 Å². The van der Waals surface area contributed by atoms with Crippen LogP contribution < -0.4 is 0 Å². The Balaban J connectivity index is 2.22. The molecular weight excluding hydrogens is 148 g/mol. The molecule has 0 N–H and O–H groups in total. The summed E-state index contributed by atoms with van der Waals surface area (Å²) in [5, 5.41) is 0. The molecule has 0 radical (unpaired) electrons. The molecule has 12 heavy (non-hydrogen) atoms. The van der Waals surface area contributed by atoms with Crippen LogP contribution in [-0.4, -0.2) is 5.78 Å². The van der Waals surface area contributed by atoms with Gasteiger partial charge in [-0.25, -0.2) is 0 Å². The van der Waals surface area contributed by atoms with Crippen LogP contribution in [0.5, 0.6) is 0 Å². The highest BCUT2D eigenvalue weighted by Crippen LogP contribution is 2.41. The van der Waals surface area contributed by atoms with Gasteiger partial charge in [0.15, 0.2) is 0 Å². The van der Waals surface area contributed by atoms with Crippen LogP contribution in [0.4, 0.5) is 0 Å². The molecule has 3 unspecified atom stereocenters. The molecular formula is C11H16O. The lowest BCUT2D eigenvalue weighted by atomic mass is 9.78. The zero-order valence-corrected chi connectivity index (χ0v) is 7.79. The number of carbonyl (C=O) groups excluding carboxylic acids is 1. The second-order valence-electron chi connectivity index (χ2n) is 4.48. The number of hydrogen-bond donors (Lipinski definition) is 0. The summed E-state index contributed by atoms with van der Waals surface area (Å²) in [5.74, 6) is 2.59. The number of ketones is 1. The monoisotopic (exact) mass is 164 g/mol. The van der Waals surface area contributed by atoms with Gasteiger partial charge >= 0.3 is 0 Å². The van der Waals surface area contributed by atoms with E-state index in [0.717, 1.165) is 12.8 Å². The third-order valence-electron chi connectivity index (χ3n) is 3.27. The molecule has 2 aliphatic rings. The Morgan fingerprint density at radius 1 is 1.42 bits per heavy atom. The van der Waals surface area contributed by atoms with Gasteiger partial charge in [0.1, 0.15) is 5.78 Å². The lowest BCUT2D eigenvalue weighted by molar-refractivity contribution is -0.121. The molecule has 2 aliphatic carbocycles. The van der Waals surface area contributed by atoms with Crippen LogP contribution in [0, 0.1) is 23.7 Å². The lowest BCUT2D eigenvalue weighted by Gasteiger charge is -2.25. The summed E-state index contributed by atoms with van der Waals surface area (Å²) >= 11 is 0. The number of carbonyl (C=O) groups is 1. The second kappa shape index (κ2) is 2.72. The Morgan fingerprint density at radius 2 is 2.17 bits per heavy atom. The first kappa shape index (κ1) is 8.03. The topological polar surface area (TPSA) is 17.1 Å². The summed E-state index contributed by atoms with van der Waals surface area (Å²) in [6.07, 6.45) is 6.46. The van der Waals surface area contributed by atoms with Gasteiger partial charge in [0.2, 0.25) is 0 Å². The fraction of sp³-hybridized carbons (Fsp3) is 0.727. The highest BCUT2D eigenvalue weighted by Gasteiger charge is 2.39. The molecule has 1 nitrogen and oxygen atoms in total. The van der Waals surface area contributed by atoms with Gasteiger partial charge in [-0.3, -0.25) is 4.79 Å². The number of hydrogen-bond acceptors (Lipinski definition) is 1. The zero-order valence-electron chi connectivity index (χ0n) is 7.79. The van der Waals surface area contributed by atoms with Crippen LogP contribution in [0.25, 0.3) is 0 Å². The Morgan fingerprint density at radius 3 is 2.83 bits per heavy atom. The van der Waals surface area contributed by atoms with Crippen molar-refractivity contribution in [2.45, 2.75) is 26.7 Å². The summed E-state index contributed by atoms with van der Waals surface area (Å²) in [6, 6.07) is 0. The van der Waals surface area contributed by atoms with Crippen molar-refractivity contribution in [1.82, 2.24) is 0 Å². The molecule has 66 valence electrons. The van der Waals surface area contributed by atoms with Crippen LogP contribution in [0.3, 0.4) is 0 Å². The van der Waals surface area contributed by atoms with Crippen LogP contribution in [0.2, 0.25) is 0 Å². The number of rotatable bonds is 1. The van der Waals surface area contributed by atoms with Crippen LogP contribution >= 0.6 is 0 Å². The van der Waals surface area contributed by atoms with Crippen molar-refractivity contribution in [3.8, 4) is 0 Å². The maximum atomic E-state index is 11.5. The minimum absolute atomic E-state index is 0.361. The molecule has 2 bridgehead atoms. The number of allylic oxidation sites excluding steroid dienone is 2. The van der Waals surface area contributed by atoms with Gasteiger partial charge in [-0.2, -0.15) is 0 Å². The van der Waals surface area contributed by atoms with Crippen molar-refractivity contribution in [3.05, 3.63) is 12.2 Å². The van der Waals surface area contributed by atoms with Crippen LogP contribution in [0.1, 0.15) is 26.7 Å². The largest absolute Gasteiger partial charge is 0.299 e. The van der Waals surface area contributed by atoms with Gasteiger partial charge in [0.25, 0.3) is 0 Å². The first-order chi connectivity index (χ1) is 5.68. The summed E-state index contributed by atoms with van der Waals surface area (Å²) in [7, 11) is 0. The van der Waals surface area contributed by atoms with E-state index < -0.39 is 0 Å². The van der Waals surface area contributed by atoms with Gasteiger partial charge in [0, 0.05) is 12.3 Å². The molecule has 0 aromatic carbocycles. The molecule has 0 amide bonds. The van der Waals surface area contributed by atoms with Gasteiger partial charge in [-0.15, -0.1) is 0 Å². The van der Waals surface area contributed by atoms with E-state index in [0.29, 0.717) is 29.5 Å². The molecule has 1 heteroatoms. The summed E-state index contributed by atoms with van der Waals surface area (Å²) in [6.45, 7) is 4.42. The SMILES string of the molecule is CC(C)C1C=CC2CC(=O)C1C2. The molecule has 0 aliphatic heterocycles. The lowest BCUT2D eigenvalue weighted by Crippen LogP contribution is -2.22. The molecule has 2 rings (SSSR count). The highest BCUT2D eigenvalue weighted by molar-refractivity contribution is 5.84. The van der Waals surface area contributed by atoms with Crippen LogP contribution in [0.15, 0.2) is 12.2 Å². The molecule has 0 aromatic rings. The molecule has 0 heterocycles. The fourth-order valence-electron chi connectivity index (χ4n) is 2.58. The van der Waals surface area contributed by atoms with Gasteiger partial charge in [-0.1, -0.05) is 26.0 Å². The zero-order chi connectivity index (χ0) is 8.72. The molecule has 1 saturated carbocycles. The van der Waals surface area contributed by atoms with Gasteiger partial charge in [0.05, 0.1) is 0 Å². The first-order valence-corrected chi connectivity index (χ1v) is 4.89. The summed E-state index contributed by atoms with van der Waals surface area (Å²) < 4.78 is 0. The van der Waals surface area contributed by atoms with Crippen molar-refractivity contribution in [3.63, 3.8) is 0 Å². The second-order valence-corrected chi connectivity index (χ2v) is 4.48. The average molecular weight is 164 g/mol. The predicted molar refractivity (Wildman–Crippen MR) is 48.7 cm³/mol. The van der Waals surface area contributed by atoms with E-state index in [1.807, 2.05) is 0 Å². The first-order valence-electron chi connectivity index (χ1n) is 4.89. The minimum Gasteiger partial charge on any atom is -0.299 e. The predicted octanol–water partition coefficient (Wildman–Crippen LogP) is 2.42. The Bertz CT molecular complexity index is 227. The minimum atomic E-state index is 0.361. The Labute approximate surface area is 73.8 Å². The van der Waals surface area contributed by atoms with Gasteiger partial charge in [-0.05, 0) is 24.2 Å². The quantitative estimate of drug-likeness (QED) is 0.544. The van der Waals surface area contributed by atoms with Crippen molar-refractivity contribution in [2.24, 2.45) is 23.7 Å². The molecule has 3 atom stereocenters. The third kappa shape index (κ3) is 1.12. The van der Waals surface area contributed by atoms with E-state index in [1.165, 1.54) is 0 Å². The van der Waals surface area contributed by atoms with E-state index in [-0.39, 0.29) is 0 Å². The Kier molecular flexibility index (Phi) is 1.82. The number of Topliss-reactive ketones (excluding diaryl/α,β-unsaturated/α-hetero) is 1. The number of fused-ring (bicyclic) bond motifs is 2. The fourth-order valence-corrected chi connectivity index (χ4v) is 2.58. The van der Waals surface area contributed by atoms with E-state index in [9.17, 15) is 4.79 Å². The average Bonchev–Trinajstić information content (AvgIpc) is 2.28. The summed E-state index contributed by atoms with van der Waals surface area (Å²) in [5.41, 5.74) is 0. The Hall–Kier alpha value is -0.590. The summed E-state index contributed by atoms with van der Waals surface area (Å²) in [4.78, 5) is 11.5. The smallest absolute Gasteiger partial charge is 0.137 e. The van der Waals surface area contributed by atoms with E-state index in [4.69, 9.17) is 0 Å². The molecule has 1 fully saturated rings. The van der Waals surface area contributed by atoms with Crippen molar-refractivity contribution in [1.29, 1.82) is 0 Å². The third-order valence-corrected chi connectivity index (χ3v) is 3.27. The standard InChI is InChI=1S/C11H16O/c1-7(2)9-4-3-8-5-10(9)11(12)6-8/h3-4,7-10H,5-6H2,1-2H3. The maximum absolute atomic E-state index is 11.5. The van der Waals surface area contributed by atoms with E-state index in [2.05, 4.69) is 26.0 Å². The molecule has 0 aromatic heterocycles. The maximum Gasteiger partial charge on any atom is 0.137 e.